The average Bonchev–Trinajstić information content (AvgIpc) is 2.18. The number of anilines is 2. The van der Waals surface area contributed by atoms with Gasteiger partial charge in [-0.1, -0.05) is 0 Å². The van der Waals surface area contributed by atoms with Crippen LogP contribution in [0.4, 0.5) is 11.4 Å². The maximum atomic E-state index is 9.52. The largest absolute Gasteiger partial charge is 0.397 e. The van der Waals surface area contributed by atoms with Crippen LogP contribution in [0.15, 0.2) is 18.5 Å². The average molecular weight is 193 g/mol. The van der Waals surface area contributed by atoms with Crippen LogP contribution in [-0.2, 0) is 0 Å². The number of pyridine rings is 1. The van der Waals surface area contributed by atoms with E-state index in [0.717, 1.165) is 25.1 Å². The van der Waals surface area contributed by atoms with Crippen LogP contribution in [0.25, 0.3) is 0 Å². The van der Waals surface area contributed by atoms with Gasteiger partial charge in [0.15, 0.2) is 0 Å². The van der Waals surface area contributed by atoms with Gasteiger partial charge in [0, 0.05) is 19.3 Å². The zero-order chi connectivity index (χ0) is 9.97. The van der Waals surface area contributed by atoms with E-state index in [0.29, 0.717) is 12.2 Å². The summed E-state index contributed by atoms with van der Waals surface area (Å²) in [4.78, 5) is 6.16. The predicted molar refractivity (Wildman–Crippen MR) is 56.1 cm³/mol. The molecule has 14 heavy (non-hydrogen) atoms. The second-order valence-corrected chi connectivity index (χ2v) is 3.72. The summed E-state index contributed by atoms with van der Waals surface area (Å²) in [5.41, 5.74) is 7.32. The molecule has 0 spiro atoms. The van der Waals surface area contributed by atoms with Gasteiger partial charge in [-0.15, -0.1) is 0 Å². The Balaban J connectivity index is 2.14. The van der Waals surface area contributed by atoms with Crippen molar-refractivity contribution < 1.29 is 5.11 Å². The standard InChI is InChI=1S/C10H15N3O/c11-8-4-9(6-12-5-8)13-3-1-2-10(14)7-13/h4-6,10,14H,1-3,7,11H2/t10-/m1/s1. The molecule has 1 aliphatic heterocycles. The van der Waals surface area contributed by atoms with Crippen LogP contribution in [-0.4, -0.2) is 29.3 Å². The van der Waals surface area contributed by atoms with Crippen molar-refractivity contribution in [1.29, 1.82) is 0 Å². The highest BCUT2D eigenvalue weighted by atomic mass is 16.3. The number of hydrogen-bond donors (Lipinski definition) is 2. The fraction of sp³-hybridized carbons (Fsp3) is 0.500. The molecule has 76 valence electrons. The monoisotopic (exact) mass is 193 g/mol. The number of rotatable bonds is 1. The fourth-order valence-corrected chi connectivity index (χ4v) is 1.81. The van der Waals surface area contributed by atoms with Gasteiger partial charge < -0.3 is 15.7 Å². The Morgan fingerprint density at radius 1 is 1.50 bits per heavy atom. The highest BCUT2D eigenvalue weighted by Gasteiger charge is 2.17. The lowest BCUT2D eigenvalue weighted by Gasteiger charge is -2.31. The molecule has 0 amide bonds. The number of nitrogen functional groups attached to an aromatic ring is 1. The summed E-state index contributed by atoms with van der Waals surface area (Å²) in [7, 11) is 0. The lowest BCUT2D eigenvalue weighted by molar-refractivity contribution is 0.154. The normalized spacial score (nSPS) is 22.4. The minimum atomic E-state index is -0.217. The number of hydrogen-bond acceptors (Lipinski definition) is 4. The fourth-order valence-electron chi connectivity index (χ4n) is 1.81. The Kier molecular flexibility index (Phi) is 2.54. The maximum absolute atomic E-state index is 9.52. The van der Waals surface area contributed by atoms with Gasteiger partial charge in [0.1, 0.15) is 0 Å². The summed E-state index contributed by atoms with van der Waals surface area (Å²) in [6.45, 7) is 1.66. The van der Waals surface area contributed by atoms with Crippen molar-refractivity contribution in [3.8, 4) is 0 Å². The molecule has 0 bridgehead atoms. The number of aromatic nitrogens is 1. The quantitative estimate of drug-likeness (QED) is 0.686. The van der Waals surface area contributed by atoms with Gasteiger partial charge in [-0.25, -0.2) is 0 Å². The van der Waals surface area contributed by atoms with Crippen molar-refractivity contribution in [3.63, 3.8) is 0 Å². The number of nitrogens with two attached hydrogens (primary N) is 1. The van der Waals surface area contributed by atoms with E-state index in [-0.39, 0.29) is 6.10 Å². The number of β-amino-alcohol motifs (C(OH)–C–C–N with tert-alkyl or cyclic N) is 1. The SMILES string of the molecule is Nc1cncc(N2CCC[C@@H](O)C2)c1. The van der Waals surface area contributed by atoms with Crippen LogP contribution in [0.5, 0.6) is 0 Å². The minimum Gasteiger partial charge on any atom is -0.397 e. The predicted octanol–water partition coefficient (Wildman–Crippen LogP) is 0.625. The van der Waals surface area contributed by atoms with Gasteiger partial charge in [0.2, 0.25) is 0 Å². The lowest BCUT2D eigenvalue weighted by Crippen LogP contribution is -2.38. The third kappa shape index (κ3) is 1.96. The zero-order valence-electron chi connectivity index (χ0n) is 8.06. The Morgan fingerprint density at radius 2 is 2.36 bits per heavy atom. The first-order chi connectivity index (χ1) is 6.75. The van der Waals surface area contributed by atoms with Gasteiger partial charge in [-0.3, -0.25) is 4.98 Å². The van der Waals surface area contributed by atoms with Crippen molar-refractivity contribution in [2.24, 2.45) is 0 Å². The van der Waals surface area contributed by atoms with Gasteiger partial charge >= 0.3 is 0 Å². The molecule has 1 aliphatic rings. The highest BCUT2D eigenvalue weighted by molar-refractivity contribution is 5.53. The third-order valence-electron chi connectivity index (χ3n) is 2.51. The molecule has 0 saturated carbocycles. The van der Waals surface area contributed by atoms with Crippen LogP contribution in [0.3, 0.4) is 0 Å². The smallest absolute Gasteiger partial charge is 0.0715 e. The van der Waals surface area contributed by atoms with Gasteiger partial charge in [-0.2, -0.15) is 0 Å². The van der Waals surface area contributed by atoms with Crippen molar-refractivity contribution in [2.45, 2.75) is 18.9 Å². The van der Waals surface area contributed by atoms with E-state index in [4.69, 9.17) is 5.73 Å². The second-order valence-electron chi connectivity index (χ2n) is 3.72. The molecule has 2 rings (SSSR count). The number of aliphatic hydroxyl groups excluding tert-OH is 1. The van der Waals surface area contributed by atoms with Crippen LogP contribution in [0, 0.1) is 0 Å². The molecule has 0 unspecified atom stereocenters. The molecule has 0 radical (unpaired) electrons. The second kappa shape index (κ2) is 3.84. The first kappa shape index (κ1) is 9.27. The molecule has 1 fully saturated rings. The van der Waals surface area contributed by atoms with Crippen molar-refractivity contribution in [3.05, 3.63) is 18.5 Å². The van der Waals surface area contributed by atoms with E-state index >= 15 is 0 Å². The van der Waals surface area contributed by atoms with Crippen molar-refractivity contribution in [2.75, 3.05) is 23.7 Å². The van der Waals surface area contributed by atoms with E-state index in [2.05, 4.69) is 9.88 Å². The first-order valence-corrected chi connectivity index (χ1v) is 4.89. The Labute approximate surface area is 83.4 Å². The number of piperidine rings is 1. The van der Waals surface area contributed by atoms with Crippen LogP contribution < -0.4 is 10.6 Å². The Bertz CT molecular complexity index is 316. The van der Waals surface area contributed by atoms with E-state index < -0.39 is 0 Å². The minimum absolute atomic E-state index is 0.217. The van der Waals surface area contributed by atoms with Crippen LogP contribution in [0.2, 0.25) is 0 Å². The van der Waals surface area contributed by atoms with Crippen LogP contribution >= 0.6 is 0 Å². The summed E-state index contributed by atoms with van der Waals surface area (Å²) in [5, 5.41) is 9.52. The Hall–Kier alpha value is -1.29. The molecule has 1 aromatic heterocycles. The highest BCUT2D eigenvalue weighted by Crippen LogP contribution is 2.20. The molecule has 0 aromatic carbocycles. The molecule has 1 aromatic rings. The molecule has 3 N–H and O–H groups in total. The van der Waals surface area contributed by atoms with Gasteiger partial charge in [0.25, 0.3) is 0 Å². The third-order valence-corrected chi connectivity index (χ3v) is 2.51. The summed E-state index contributed by atoms with van der Waals surface area (Å²) in [5.74, 6) is 0. The molecular weight excluding hydrogens is 178 g/mol. The summed E-state index contributed by atoms with van der Waals surface area (Å²) in [6.07, 6.45) is 5.12. The van der Waals surface area contributed by atoms with Crippen LogP contribution in [0.1, 0.15) is 12.8 Å². The first-order valence-electron chi connectivity index (χ1n) is 4.89. The summed E-state index contributed by atoms with van der Waals surface area (Å²) < 4.78 is 0. The Morgan fingerprint density at radius 3 is 3.07 bits per heavy atom. The molecule has 4 heteroatoms. The lowest BCUT2D eigenvalue weighted by atomic mass is 10.1. The topological polar surface area (TPSA) is 62.4 Å². The number of aliphatic hydroxyl groups is 1. The van der Waals surface area contributed by atoms with Gasteiger partial charge in [0.05, 0.1) is 23.7 Å². The summed E-state index contributed by atoms with van der Waals surface area (Å²) in [6, 6.07) is 1.89. The maximum Gasteiger partial charge on any atom is 0.0715 e. The van der Waals surface area contributed by atoms with Crippen molar-refractivity contribution >= 4 is 11.4 Å². The number of nitrogens with zero attached hydrogens (tertiary/aromatic N) is 2. The molecular formula is C10H15N3O. The molecule has 0 aliphatic carbocycles. The zero-order valence-corrected chi connectivity index (χ0v) is 8.06. The van der Waals surface area contributed by atoms with E-state index in [1.54, 1.807) is 12.4 Å². The summed E-state index contributed by atoms with van der Waals surface area (Å²) >= 11 is 0. The van der Waals surface area contributed by atoms with Gasteiger partial charge in [-0.05, 0) is 18.9 Å². The van der Waals surface area contributed by atoms with E-state index in [1.807, 2.05) is 6.07 Å². The molecule has 1 saturated heterocycles. The molecule has 1 atom stereocenters. The molecule has 4 nitrogen and oxygen atoms in total. The van der Waals surface area contributed by atoms with E-state index in [1.165, 1.54) is 0 Å². The van der Waals surface area contributed by atoms with E-state index in [9.17, 15) is 5.11 Å². The molecule has 2 heterocycles. The van der Waals surface area contributed by atoms with Crippen molar-refractivity contribution in [1.82, 2.24) is 4.98 Å².